The van der Waals surface area contributed by atoms with Crippen molar-refractivity contribution in [3.63, 3.8) is 0 Å². The molecule has 128 valence electrons. The van der Waals surface area contributed by atoms with Crippen LogP contribution in [0, 0.1) is 5.92 Å². The van der Waals surface area contributed by atoms with Crippen LogP contribution in [0.5, 0.6) is 0 Å². The highest BCUT2D eigenvalue weighted by molar-refractivity contribution is 7.89. The fraction of sp³-hybridized carbons (Fsp3) is 0.533. The Labute approximate surface area is 136 Å². The van der Waals surface area contributed by atoms with Gasteiger partial charge in [0.25, 0.3) is 5.91 Å². The minimum atomic E-state index is -3.58. The van der Waals surface area contributed by atoms with Gasteiger partial charge in [-0.1, -0.05) is 0 Å². The Morgan fingerprint density at radius 1 is 1.30 bits per heavy atom. The molecule has 1 aromatic carbocycles. The monoisotopic (exact) mass is 341 g/mol. The number of sulfonamides is 1. The predicted octanol–water partition coefficient (Wildman–Crippen LogP) is 1.39. The molecule has 1 amide bonds. The van der Waals surface area contributed by atoms with Gasteiger partial charge in [-0.2, -0.15) is 0 Å². The van der Waals surface area contributed by atoms with Gasteiger partial charge in [-0.15, -0.1) is 0 Å². The average Bonchev–Trinajstić information content (AvgIpc) is 3.36. The van der Waals surface area contributed by atoms with Crippen LogP contribution < -0.4 is 15.4 Å². The van der Waals surface area contributed by atoms with Crippen LogP contribution in [0.1, 0.15) is 19.8 Å². The minimum absolute atomic E-state index is 0.0841. The molecule has 8 heteroatoms. The van der Waals surface area contributed by atoms with E-state index in [9.17, 15) is 13.2 Å². The van der Waals surface area contributed by atoms with Crippen LogP contribution in [-0.4, -0.2) is 41.1 Å². The van der Waals surface area contributed by atoms with Gasteiger partial charge in [0.05, 0.1) is 22.9 Å². The summed E-state index contributed by atoms with van der Waals surface area (Å²) in [6, 6.07) is 4.50. The van der Waals surface area contributed by atoms with Crippen molar-refractivity contribution in [3.8, 4) is 0 Å². The fourth-order valence-electron chi connectivity index (χ4n) is 2.00. The van der Waals surface area contributed by atoms with Crippen LogP contribution in [-0.2, 0) is 19.6 Å². The first-order chi connectivity index (χ1) is 10.9. The standard InChI is InChI=1S/C15H23N3O4S/c1-10(22-9-11-4-5-11)15(19)18-14-8-12(23(20,21)17-3)6-7-13(14)16-2/h6-8,10-11,16-17H,4-5,9H2,1-3H3,(H,18,19)/t10-/m0/s1. The fourth-order valence-corrected chi connectivity index (χ4v) is 2.76. The van der Waals surface area contributed by atoms with E-state index in [-0.39, 0.29) is 10.8 Å². The maximum atomic E-state index is 12.2. The van der Waals surface area contributed by atoms with Gasteiger partial charge in [-0.3, -0.25) is 4.79 Å². The molecule has 0 aliphatic heterocycles. The van der Waals surface area contributed by atoms with Crippen molar-refractivity contribution in [2.24, 2.45) is 5.92 Å². The largest absolute Gasteiger partial charge is 0.386 e. The Bertz CT molecular complexity index is 671. The molecule has 1 aliphatic rings. The van der Waals surface area contributed by atoms with Gasteiger partial charge in [0, 0.05) is 7.05 Å². The highest BCUT2D eigenvalue weighted by Crippen LogP contribution is 2.29. The first-order valence-corrected chi connectivity index (χ1v) is 9.03. The van der Waals surface area contributed by atoms with Crippen molar-refractivity contribution in [1.29, 1.82) is 0 Å². The normalized spacial score (nSPS) is 16.0. The van der Waals surface area contributed by atoms with E-state index in [1.807, 2.05) is 0 Å². The summed E-state index contributed by atoms with van der Waals surface area (Å²) in [5.41, 5.74) is 1.03. The molecular weight excluding hydrogens is 318 g/mol. The Hall–Kier alpha value is -1.64. The van der Waals surface area contributed by atoms with E-state index in [1.54, 1.807) is 20.0 Å². The molecule has 1 saturated carbocycles. The molecule has 7 nitrogen and oxygen atoms in total. The molecule has 1 fully saturated rings. The van der Waals surface area contributed by atoms with Crippen molar-refractivity contribution < 1.29 is 17.9 Å². The molecule has 1 aromatic rings. The maximum Gasteiger partial charge on any atom is 0.253 e. The smallest absolute Gasteiger partial charge is 0.253 e. The second kappa shape index (κ2) is 7.29. The molecule has 0 spiro atoms. The molecule has 0 radical (unpaired) electrons. The third-order valence-corrected chi connectivity index (χ3v) is 5.16. The number of amides is 1. The van der Waals surface area contributed by atoms with E-state index < -0.39 is 16.1 Å². The summed E-state index contributed by atoms with van der Waals surface area (Å²) in [6.45, 7) is 2.27. The number of nitrogens with one attached hydrogen (secondary N) is 3. The second-order valence-corrected chi connectivity index (χ2v) is 7.46. The number of carbonyl (C=O) groups excluding carboxylic acids is 1. The topological polar surface area (TPSA) is 96.5 Å². The van der Waals surface area contributed by atoms with Gasteiger partial charge in [0.2, 0.25) is 10.0 Å². The summed E-state index contributed by atoms with van der Waals surface area (Å²) in [7, 11) is -0.536. The Morgan fingerprint density at radius 3 is 2.57 bits per heavy atom. The van der Waals surface area contributed by atoms with Crippen LogP contribution in [0.25, 0.3) is 0 Å². The SMILES string of the molecule is CNc1ccc(S(=O)(=O)NC)cc1NC(=O)[C@H](C)OCC1CC1. The molecule has 0 bridgehead atoms. The summed E-state index contributed by atoms with van der Waals surface area (Å²) >= 11 is 0. The zero-order valence-corrected chi connectivity index (χ0v) is 14.4. The van der Waals surface area contributed by atoms with Crippen molar-refractivity contribution >= 4 is 27.3 Å². The van der Waals surface area contributed by atoms with E-state index in [1.165, 1.54) is 19.2 Å². The summed E-state index contributed by atoms with van der Waals surface area (Å²) in [5, 5.41) is 5.65. The molecule has 1 atom stereocenters. The van der Waals surface area contributed by atoms with E-state index in [0.717, 1.165) is 12.8 Å². The maximum absolute atomic E-state index is 12.2. The number of hydrogen-bond donors (Lipinski definition) is 3. The molecule has 0 saturated heterocycles. The van der Waals surface area contributed by atoms with Gasteiger partial charge in [0.1, 0.15) is 6.10 Å². The van der Waals surface area contributed by atoms with Crippen molar-refractivity contribution in [3.05, 3.63) is 18.2 Å². The van der Waals surface area contributed by atoms with Crippen molar-refractivity contribution in [2.45, 2.75) is 30.8 Å². The van der Waals surface area contributed by atoms with Crippen LogP contribution in [0.3, 0.4) is 0 Å². The Balaban J connectivity index is 2.12. The van der Waals surface area contributed by atoms with Gasteiger partial charge in [-0.25, -0.2) is 13.1 Å². The first-order valence-electron chi connectivity index (χ1n) is 7.55. The number of carbonyl (C=O) groups is 1. The third-order valence-electron chi connectivity index (χ3n) is 3.75. The van der Waals surface area contributed by atoms with Crippen LogP contribution in [0.2, 0.25) is 0 Å². The zero-order chi connectivity index (χ0) is 17.0. The first kappa shape index (κ1) is 17.7. The quantitative estimate of drug-likeness (QED) is 0.664. The Morgan fingerprint density at radius 2 is 2.00 bits per heavy atom. The lowest BCUT2D eigenvalue weighted by Gasteiger charge is -2.16. The lowest BCUT2D eigenvalue weighted by Crippen LogP contribution is -2.29. The molecule has 0 aromatic heterocycles. The van der Waals surface area contributed by atoms with Crippen molar-refractivity contribution in [2.75, 3.05) is 31.3 Å². The molecule has 0 unspecified atom stereocenters. The predicted molar refractivity (Wildman–Crippen MR) is 89.0 cm³/mol. The summed E-state index contributed by atoms with van der Waals surface area (Å²) in [4.78, 5) is 12.3. The van der Waals surface area contributed by atoms with Gasteiger partial charge in [-0.05, 0) is 50.9 Å². The number of rotatable bonds is 8. The van der Waals surface area contributed by atoms with Crippen LogP contribution in [0.4, 0.5) is 11.4 Å². The van der Waals surface area contributed by atoms with E-state index in [0.29, 0.717) is 23.9 Å². The average molecular weight is 341 g/mol. The lowest BCUT2D eigenvalue weighted by atomic mass is 10.2. The second-order valence-electron chi connectivity index (χ2n) is 5.57. The summed E-state index contributed by atoms with van der Waals surface area (Å²) in [6.07, 6.45) is 1.72. The van der Waals surface area contributed by atoms with Gasteiger partial charge >= 0.3 is 0 Å². The van der Waals surface area contributed by atoms with Crippen LogP contribution in [0.15, 0.2) is 23.1 Å². The molecule has 0 heterocycles. The molecular formula is C15H23N3O4S. The minimum Gasteiger partial charge on any atom is -0.386 e. The number of benzene rings is 1. The number of anilines is 2. The molecule has 2 rings (SSSR count). The van der Waals surface area contributed by atoms with E-state index >= 15 is 0 Å². The van der Waals surface area contributed by atoms with Crippen LogP contribution >= 0.6 is 0 Å². The summed E-state index contributed by atoms with van der Waals surface area (Å²) in [5.74, 6) is 0.267. The van der Waals surface area contributed by atoms with E-state index in [2.05, 4.69) is 15.4 Å². The molecule has 1 aliphatic carbocycles. The highest BCUT2D eigenvalue weighted by Gasteiger charge is 2.24. The molecule has 23 heavy (non-hydrogen) atoms. The van der Waals surface area contributed by atoms with E-state index in [4.69, 9.17) is 4.74 Å². The highest BCUT2D eigenvalue weighted by atomic mass is 32.2. The Kier molecular flexibility index (Phi) is 5.61. The summed E-state index contributed by atoms with van der Waals surface area (Å²) < 4.78 is 31.6. The van der Waals surface area contributed by atoms with Crippen molar-refractivity contribution in [1.82, 2.24) is 4.72 Å². The number of hydrogen-bond acceptors (Lipinski definition) is 5. The van der Waals surface area contributed by atoms with Gasteiger partial charge < -0.3 is 15.4 Å². The lowest BCUT2D eigenvalue weighted by molar-refractivity contribution is -0.126. The zero-order valence-electron chi connectivity index (χ0n) is 13.5. The third kappa shape index (κ3) is 4.66. The molecule has 3 N–H and O–H groups in total. The number of ether oxygens (including phenoxy) is 1. The van der Waals surface area contributed by atoms with Gasteiger partial charge in [0.15, 0.2) is 0 Å².